The number of ether oxygens (including phenoxy) is 1. The first kappa shape index (κ1) is 17.4. The molecule has 2 saturated heterocycles. The lowest BCUT2D eigenvalue weighted by molar-refractivity contribution is -0.125. The molecule has 0 saturated carbocycles. The van der Waals surface area contributed by atoms with Crippen LogP contribution in [-0.4, -0.2) is 73.5 Å². The van der Waals surface area contributed by atoms with E-state index >= 15 is 0 Å². The standard InChI is InChI=1S/C16H20N4O4S/c1-17(16(23)25)7-13-8-20(15(22)24-13)12-5-3-11(4-6-12)19-9-14(21)18(2)10-19/h3-6,13H,7-10H2,1-2H3,(H,23,25)/t13-/m1/s1. The van der Waals surface area contributed by atoms with Crippen LogP contribution in [0.25, 0.3) is 0 Å². The Kier molecular flexibility index (Phi) is 4.76. The van der Waals surface area contributed by atoms with Gasteiger partial charge in [0.25, 0.3) is 5.24 Å². The van der Waals surface area contributed by atoms with E-state index in [2.05, 4.69) is 12.6 Å². The van der Waals surface area contributed by atoms with Gasteiger partial charge in [-0.3, -0.25) is 14.5 Å². The second kappa shape index (κ2) is 6.83. The van der Waals surface area contributed by atoms with E-state index in [0.717, 1.165) is 11.4 Å². The number of carbonyl (C=O) groups excluding carboxylic acids is 3. The number of rotatable bonds is 4. The van der Waals surface area contributed by atoms with E-state index < -0.39 is 12.2 Å². The zero-order valence-electron chi connectivity index (χ0n) is 14.1. The van der Waals surface area contributed by atoms with Crippen molar-refractivity contribution in [2.24, 2.45) is 0 Å². The zero-order chi connectivity index (χ0) is 18.1. The van der Waals surface area contributed by atoms with Crippen molar-refractivity contribution in [3.8, 4) is 0 Å². The van der Waals surface area contributed by atoms with Crippen LogP contribution in [0, 0.1) is 0 Å². The molecule has 1 aromatic carbocycles. The highest BCUT2D eigenvalue weighted by Gasteiger charge is 2.33. The van der Waals surface area contributed by atoms with Crippen molar-refractivity contribution in [3.63, 3.8) is 0 Å². The molecule has 0 aromatic heterocycles. The number of cyclic esters (lactones) is 1. The maximum absolute atomic E-state index is 12.1. The Bertz CT molecular complexity index is 696. The van der Waals surface area contributed by atoms with Crippen molar-refractivity contribution in [3.05, 3.63) is 24.3 Å². The molecule has 2 fully saturated rings. The number of amides is 3. The molecule has 0 unspecified atom stereocenters. The average Bonchev–Trinajstić information content (AvgIpc) is 3.10. The van der Waals surface area contributed by atoms with Gasteiger partial charge in [0.05, 0.1) is 26.3 Å². The maximum Gasteiger partial charge on any atom is 0.414 e. The van der Waals surface area contributed by atoms with E-state index in [-0.39, 0.29) is 11.1 Å². The van der Waals surface area contributed by atoms with Crippen LogP contribution in [0.2, 0.25) is 0 Å². The van der Waals surface area contributed by atoms with Crippen LogP contribution in [0.4, 0.5) is 21.0 Å². The Balaban J connectivity index is 1.65. The van der Waals surface area contributed by atoms with Gasteiger partial charge < -0.3 is 19.4 Å². The summed E-state index contributed by atoms with van der Waals surface area (Å²) in [6.07, 6.45) is -0.827. The number of benzene rings is 1. The summed E-state index contributed by atoms with van der Waals surface area (Å²) in [5, 5.41) is -0.371. The lowest BCUT2D eigenvalue weighted by atomic mass is 10.2. The molecule has 8 nitrogen and oxygen atoms in total. The third kappa shape index (κ3) is 3.65. The summed E-state index contributed by atoms with van der Waals surface area (Å²) in [5.41, 5.74) is 1.64. The third-order valence-electron chi connectivity index (χ3n) is 4.34. The van der Waals surface area contributed by atoms with Gasteiger partial charge in [-0.1, -0.05) is 12.6 Å². The molecule has 2 aliphatic heterocycles. The van der Waals surface area contributed by atoms with E-state index in [4.69, 9.17) is 4.74 Å². The van der Waals surface area contributed by atoms with E-state index in [9.17, 15) is 14.4 Å². The number of hydrogen-bond acceptors (Lipinski definition) is 5. The smallest absolute Gasteiger partial charge is 0.414 e. The number of anilines is 2. The summed E-state index contributed by atoms with van der Waals surface area (Å²) in [7, 11) is 3.37. The number of likely N-dealkylation sites (N-methyl/N-ethyl adjacent to an activating group) is 2. The molecule has 1 aromatic rings. The summed E-state index contributed by atoms with van der Waals surface area (Å²) < 4.78 is 5.30. The Hall–Kier alpha value is -2.42. The first-order valence-corrected chi connectivity index (χ1v) is 8.31. The highest BCUT2D eigenvalue weighted by atomic mass is 32.1. The number of hydrogen-bond donors (Lipinski definition) is 1. The molecular formula is C16H20N4O4S. The van der Waals surface area contributed by atoms with Crippen LogP contribution in [-0.2, 0) is 9.53 Å². The monoisotopic (exact) mass is 364 g/mol. The third-order valence-corrected chi connectivity index (χ3v) is 4.68. The van der Waals surface area contributed by atoms with Gasteiger partial charge in [0, 0.05) is 25.5 Å². The first-order chi connectivity index (χ1) is 11.8. The molecule has 0 radical (unpaired) electrons. The van der Waals surface area contributed by atoms with Crippen molar-refractivity contribution < 1.29 is 19.1 Å². The minimum Gasteiger partial charge on any atom is -0.442 e. The molecular weight excluding hydrogens is 344 g/mol. The highest BCUT2D eigenvalue weighted by Crippen LogP contribution is 2.26. The van der Waals surface area contributed by atoms with E-state index in [1.165, 1.54) is 9.80 Å². The van der Waals surface area contributed by atoms with Crippen LogP contribution in [0.15, 0.2) is 24.3 Å². The van der Waals surface area contributed by atoms with Crippen LogP contribution in [0.3, 0.4) is 0 Å². The first-order valence-electron chi connectivity index (χ1n) is 7.86. The summed E-state index contributed by atoms with van der Waals surface area (Å²) in [6, 6.07) is 7.42. The average molecular weight is 364 g/mol. The fourth-order valence-corrected chi connectivity index (χ4v) is 2.98. The van der Waals surface area contributed by atoms with Gasteiger partial charge in [-0.2, -0.15) is 0 Å². The molecule has 25 heavy (non-hydrogen) atoms. The molecule has 0 spiro atoms. The van der Waals surface area contributed by atoms with E-state index in [1.807, 2.05) is 29.2 Å². The molecule has 0 aliphatic carbocycles. The molecule has 3 rings (SSSR count). The zero-order valence-corrected chi connectivity index (χ0v) is 15.0. The lowest BCUT2D eigenvalue weighted by Gasteiger charge is -2.19. The molecule has 3 amide bonds. The minimum atomic E-state index is -0.436. The predicted molar refractivity (Wildman–Crippen MR) is 96.1 cm³/mol. The fraction of sp³-hybridized carbons (Fsp3) is 0.438. The van der Waals surface area contributed by atoms with Gasteiger partial charge >= 0.3 is 6.09 Å². The van der Waals surface area contributed by atoms with Crippen LogP contribution in [0.5, 0.6) is 0 Å². The Labute approximate surface area is 151 Å². The fourth-order valence-electron chi connectivity index (χ4n) is 2.90. The van der Waals surface area contributed by atoms with E-state index in [1.54, 1.807) is 19.0 Å². The molecule has 2 heterocycles. The van der Waals surface area contributed by atoms with E-state index in [0.29, 0.717) is 26.3 Å². The molecule has 0 N–H and O–H groups in total. The predicted octanol–water partition coefficient (Wildman–Crippen LogP) is 1.23. The molecule has 2 aliphatic rings. The molecule has 9 heteroatoms. The number of nitrogens with zero attached hydrogens (tertiary/aromatic N) is 4. The van der Waals surface area contributed by atoms with Crippen LogP contribution < -0.4 is 9.80 Å². The van der Waals surface area contributed by atoms with Gasteiger partial charge in [-0.25, -0.2) is 4.79 Å². The second-order valence-electron chi connectivity index (χ2n) is 6.23. The van der Waals surface area contributed by atoms with Crippen molar-refractivity contribution >= 4 is 41.2 Å². The normalized spacial score (nSPS) is 20.3. The quantitative estimate of drug-likeness (QED) is 0.814. The van der Waals surface area contributed by atoms with Crippen molar-refractivity contribution in [2.45, 2.75) is 6.10 Å². The number of carbonyl (C=O) groups is 3. The summed E-state index contributed by atoms with van der Waals surface area (Å²) in [4.78, 5) is 41.4. The van der Waals surface area contributed by atoms with Crippen molar-refractivity contribution in [1.29, 1.82) is 0 Å². The SMILES string of the molecule is CN(C[C@@H]1CN(c2ccc(N3CC(=O)N(C)C3)cc2)C(=O)O1)C(=O)S. The summed E-state index contributed by atoms with van der Waals surface area (Å²) in [5.74, 6) is 0.0814. The molecule has 1 atom stereocenters. The maximum atomic E-state index is 12.1. The van der Waals surface area contributed by atoms with Gasteiger partial charge in [0.15, 0.2) is 0 Å². The molecule has 0 bridgehead atoms. The summed E-state index contributed by atoms with van der Waals surface area (Å²) in [6.45, 7) is 1.57. The Morgan fingerprint density at radius 2 is 1.92 bits per heavy atom. The largest absolute Gasteiger partial charge is 0.442 e. The minimum absolute atomic E-state index is 0.0814. The van der Waals surface area contributed by atoms with Crippen molar-refractivity contribution in [2.75, 3.05) is 50.2 Å². The highest BCUT2D eigenvalue weighted by molar-refractivity contribution is 7.96. The Morgan fingerprint density at radius 1 is 1.28 bits per heavy atom. The van der Waals surface area contributed by atoms with Gasteiger partial charge in [0.2, 0.25) is 5.91 Å². The van der Waals surface area contributed by atoms with Crippen LogP contribution in [0.1, 0.15) is 0 Å². The number of thiol groups is 1. The van der Waals surface area contributed by atoms with Gasteiger partial charge in [-0.05, 0) is 24.3 Å². The molecule has 134 valence electrons. The van der Waals surface area contributed by atoms with Crippen molar-refractivity contribution in [1.82, 2.24) is 9.80 Å². The Morgan fingerprint density at radius 3 is 2.48 bits per heavy atom. The second-order valence-corrected chi connectivity index (χ2v) is 6.61. The van der Waals surface area contributed by atoms with Gasteiger partial charge in [0.1, 0.15) is 6.10 Å². The topological polar surface area (TPSA) is 73.4 Å². The van der Waals surface area contributed by atoms with Crippen LogP contribution >= 0.6 is 12.6 Å². The summed E-state index contributed by atoms with van der Waals surface area (Å²) >= 11 is 3.75. The van der Waals surface area contributed by atoms with Gasteiger partial charge in [-0.15, -0.1) is 0 Å². The lowest BCUT2D eigenvalue weighted by Crippen LogP contribution is -2.33.